The quantitative estimate of drug-likeness (QED) is 0.502. The highest BCUT2D eigenvalue weighted by atomic mass is 19.1. The van der Waals surface area contributed by atoms with Gasteiger partial charge < -0.3 is 0 Å². The van der Waals surface area contributed by atoms with Crippen LogP contribution in [0.15, 0.2) is 48.7 Å². The minimum absolute atomic E-state index is 0.211. The summed E-state index contributed by atoms with van der Waals surface area (Å²) in [6, 6.07) is 12.7. The van der Waals surface area contributed by atoms with Crippen molar-refractivity contribution < 1.29 is 4.39 Å². The van der Waals surface area contributed by atoms with Gasteiger partial charge in [-0.1, -0.05) is 30.3 Å². The third-order valence-corrected chi connectivity index (χ3v) is 2.56. The Bertz CT molecular complexity index is 646. The highest BCUT2D eigenvalue weighted by molar-refractivity contribution is 6.05. The Labute approximate surface area is 86.2 Å². The van der Waals surface area contributed by atoms with Gasteiger partial charge in [-0.25, -0.2) is 4.39 Å². The molecule has 0 aliphatic heterocycles. The molecule has 72 valence electrons. The predicted molar refractivity (Wildman–Crippen MR) is 59.2 cm³/mol. The van der Waals surface area contributed by atoms with Crippen molar-refractivity contribution in [3.63, 3.8) is 0 Å². The van der Waals surface area contributed by atoms with Gasteiger partial charge in [-0.15, -0.1) is 0 Å². The summed E-state index contributed by atoms with van der Waals surface area (Å²) < 4.78 is 13.7. The number of rotatable bonds is 0. The van der Waals surface area contributed by atoms with Gasteiger partial charge in [0.2, 0.25) is 0 Å². The van der Waals surface area contributed by atoms with Gasteiger partial charge in [0.1, 0.15) is 5.82 Å². The van der Waals surface area contributed by atoms with E-state index in [0.717, 1.165) is 10.8 Å². The first kappa shape index (κ1) is 8.36. The maximum atomic E-state index is 13.7. The summed E-state index contributed by atoms with van der Waals surface area (Å²) in [4.78, 5) is 4.23. The lowest BCUT2D eigenvalue weighted by atomic mass is 10.1. The Morgan fingerprint density at radius 2 is 1.80 bits per heavy atom. The Morgan fingerprint density at radius 1 is 0.933 bits per heavy atom. The topological polar surface area (TPSA) is 12.9 Å². The van der Waals surface area contributed by atoms with Gasteiger partial charge in [0.15, 0.2) is 0 Å². The molecule has 2 heteroatoms. The van der Waals surface area contributed by atoms with E-state index in [1.54, 1.807) is 12.3 Å². The van der Waals surface area contributed by atoms with Crippen LogP contribution in [0.5, 0.6) is 0 Å². The van der Waals surface area contributed by atoms with Crippen LogP contribution in [-0.2, 0) is 0 Å². The third-order valence-electron chi connectivity index (χ3n) is 2.56. The molecule has 0 radical (unpaired) electrons. The van der Waals surface area contributed by atoms with E-state index in [2.05, 4.69) is 4.98 Å². The fourth-order valence-electron chi connectivity index (χ4n) is 1.86. The number of aromatic nitrogens is 1. The minimum atomic E-state index is -0.211. The lowest BCUT2D eigenvalue weighted by Crippen LogP contribution is -1.85. The van der Waals surface area contributed by atoms with Gasteiger partial charge in [-0.05, 0) is 17.5 Å². The van der Waals surface area contributed by atoms with E-state index in [1.165, 1.54) is 6.07 Å². The Hall–Kier alpha value is -1.96. The lowest BCUT2D eigenvalue weighted by molar-refractivity contribution is 0.640. The van der Waals surface area contributed by atoms with E-state index in [1.807, 2.05) is 30.3 Å². The molecule has 15 heavy (non-hydrogen) atoms. The van der Waals surface area contributed by atoms with Crippen LogP contribution < -0.4 is 0 Å². The van der Waals surface area contributed by atoms with E-state index in [9.17, 15) is 4.39 Å². The molecule has 0 atom stereocenters. The summed E-state index contributed by atoms with van der Waals surface area (Å²) in [5, 5.41) is 2.49. The lowest BCUT2D eigenvalue weighted by Gasteiger charge is -2.03. The molecule has 0 aliphatic rings. The second-order valence-corrected chi connectivity index (χ2v) is 3.48. The van der Waals surface area contributed by atoms with Crippen LogP contribution in [0.1, 0.15) is 0 Å². The van der Waals surface area contributed by atoms with Crippen LogP contribution in [0.25, 0.3) is 21.7 Å². The predicted octanol–water partition coefficient (Wildman–Crippen LogP) is 3.53. The second-order valence-electron chi connectivity index (χ2n) is 3.48. The fourth-order valence-corrected chi connectivity index (χ4v) is 1.86. The molecule has 0 saturated carbocycles. The van der Waals surface area contributed by atoms with Gasteiger partial charge in [0.25, 0.3) is 0 Å². The molecule has 3 rings (SSSR count). The van der Waals surface area contributed by atoms with Crippen molar-refractivity contribution in [3.8, 4) is 0 Å². The van der Waals surface area contributed by atoms with Gasteiger partial charge in [-0.2, -0.15) is 0 Å². The van der Waals surface area contributed by atoms with E-state index in [4.69, 9.17) is 0 Å². The Morgan fingerprint density at radius 3 is 2.73 bits per heavy atom. The molecule has 0 saturated heterocycles. The Balaban J connectivity index is 2.64. The van der Waals surface area contributed by atoms with Gasteiger partial charge in [0.05, 0.1) is 5.52 Å². The number of benzene rings is 2. The first-order valence-corrected chi connectivity index (χ1v) is 4.78. The second kappa shape index (κ2) is 3.02. The third kappa shape index (κ3) is 1.18. The average Bonchev–Trinajstić information content (AvgIpc) is 2.29. The van der Waals surface area contributed by atoms with Crippen molar-refractivity contribution in [2.24, 2.45) is 0 Å². The zero-order valence-electron chi connectivity index (χ0n) is 7.94. The molecule has 0 unspecified atom stereocenters. The van der Waals surface area contributed by atoms with Crippen LogP contribution >= 0.6 is 0 Å². The number of nitrogens with zero attached hydrogens (tertiary/aromatic N) is 1. The highest BCUT2D eigenvalue weighted by Crippen LogP contribution is 2.25. The highest BCUT2D eigenvalue weighted by Gasteiger charge is 2.05. The first-order chi connectivity index (χ1) is 7.36. The molecule has 1 heterocycles. The molecule has 3 aromatic rings. The van der Waals surface area contributed by atoms with Crippen molar-refractivity contribution in [1.29, 1.82) is 0 Å². The van der Waals surface area contributed by atoms with Crippen molar-refractivity contribution in [1.82, 2.24) is 4.98 Å². The van der Waals surface area contributed by atoms with E-state index in [0.29, 0.717) is 10.9 Å². The SMILES string of the molecule is Fc1cccc2ncc3ccccc3c12. The van der Waals surface area contributed by atoms with Crippen molar-refractivity contribution in [2.45, 2.75) is 0 Å². The number of hydrogen-bond donors (Lipinski definition) is 0. The summed E-state index contributed by atoms with van der Waals surface area (Å²) in [7, 11) is 0. The number of pyridine rings is 1. The van der Waals surface area contributed by atoms with Crippen LogP contribution in [-0.4, -0.2) is 4.98 Å². The number of hydrogen-bond acceptors (Lipinski definition) is 1. The molecule has 1 aromatic heterocycles. The average molecular weight is 197 g/mol. The maximum absolute atomic E-state index is 13.7. The van der Waals surface area contributed by atoms with Crippen LogP contribution in [0.2, 0.25) is 0 Å². The number of fused-ring (bicyclic) bond motifs is 3. The van der Waals surface area contributed by atoms with Crippen molar-refractivity contribution in [3.05, 3.63) is 54.5 Å². The van der Waals surface area contributed by atoms with Crippen LogP contribution in [0.3, 0.4) is 0 Å². The zero-order valence-corrected chi connectivity index (χ0v) is 7.94. The fraction of sp³-hybridized carbons (Fsp3) is 0. The summed E-state index contributed by atoms with van der Waals surface area (Å²) in [5.41, 5.74) is 0.703. The zero-order chi connectivity index (χ0) is 10.3. The largest absolute Gasteiger partial charge is 0.255 e. The van der Waals surface area contributed by atoms with E-state index in [-0.39, 0.29) is 5.82 Å². The monoisotopic (exact) mass is 197 g/mol. The van der Waals surface area contributed by atoms with E-state index >= 15 is 0 Å². The molecule has 0 fully saturated rings. The summed E-state index contributed by atoms with van der Waals surface area (Å²) in [5.74, 6) is -0.211. The van der Waals surface area contributed by atoms with E-state index < -0.39 is 0 Å². The number of halogens is 1. The van der Waals surface area contributed by atoms with Crippen LogP contribution in [0.4, 0.5) is 4.39 Å². The molecule has 0 amide bonds. The molecule has 0 N–H and O–H groups in total. The molecule has 2 aromatic carbocycles. The smallest absolute Gasteiger partial charge is 0.133 e. The normalized spacial score (nSPS) is 11.0. The standard InChI is InChI=1S/C13H8FN/c14-11-6-3-7-12-13(11)10-5-2-1-4-9(10)8-15-12/h1-8H. The molecule has 0 bridgehead atoms. The first-order valence-electron chi connectivity index (χ1n) is 4.78. The summed E-state index contributed by atoms with van der Waals surface area (Å²) >= 11 is 0. The molecule has 0 aliphatic carbocycles. The van der Waals surface area contributed by atoms with Crippen LogP contribution in [0, 0.1) is 5.82 Å². The van der Waals surface area contributed by atoms with Gasteiger partial charge in [-0.3, -0.25) is 4.98 Å². The summed E-state index contributed by atoms with van der Waals surface area (Å²) in [6.45, 7) is 0. The molecule has 0 spiro atoms. The van der Waals surface area contributed by atoms with Crippen molar-refractivity contribution in [2.75, 3.05) is 0 Å². The minimum Gasteiger partial charge on any atom is -0.255 e. The Kier molecular flexibility index (Phi) is 1.68. The van der Waals surface area contributed by atoms with Gasteiger partial charge >= 0.3 is 0 Å². The molecular weight excluding hydrogens is 189 g/mol. The maximum Gasteiger partial charge on any atom is 0.133 e. The van der Waals surface area contributed by atoms with Crippen molar-refractivity contribution >= 4 is 21.7 Å². The summed E-state index contributed by atoms with van der Waals surface area (Å²) in [6.07, 6.45) is 1.77. The molecule has 1 nitrogen and oxygen atoms in total. The molecular formula is C13H8FN. The van der Waals surface area contributed by atoms with Gasteiger partial charge in [0, 0.05) is 17.0 Å².